The van der Waals surface area contributed by atoms with E-state index < -0.39 is 28.9 Å². The smallest absolute Gasteiger partial charge is 0.360 e. The number of halogens is 3. The van der Waals surface area contributed by atoms with Gasteiger partial charge in [0.2, 0.25) is 0 Å². The van der Waals surface area contributed by atoms with Gasteiger partial charge in [-0.3, -0.25) is 4.79 Å². The first-order valence-corrected chi connectivity index (χ1v) is 6.22. The molecule has 0 aliphatic heterocycles. The number of nitrogens with zero attached hydrogens (tertiary/aromatic N) is 1. The van der Waals surface area contributed by atoms with Crippen molar-refractivity contribution in [2.24, 2.45) is 7.05 Å². The van der Waals surface area contributed by atoms with E-state index in [1.807, 2.05) is 0 Å². The van der Waals surface area contributed by atoms with Gasteiger partial charge in [-0.25, -0.2) is 13.6 Å². The molecule has 104 valence electrons. The van der Waals surface area contributed by atoms with Crippen LogP contribution in [0.5, 0.6) is 5.75 Å². The van der Waals surface area contributed by atoms with Gasteiger partial charge in [-0.2, -0.15) is 0 Å². The molecule has 0 radical (unpaired) electrons. The van der Waals surface area contributed by atoms with Gasteiger partial charge in [-0.05, 0) is 28.1 Å². The monoisotopic (exact) mass is 343 g/mol. The Hall–Kier alpha value is -2.02. The van der Waals surface area contributed by atoms with Crippen molar-refractivity contribution in [1.82, 2.24) is 4.57 Å². The van der Waals surface area contributed by atoms with Crippen LogP contribution in [-0.2, 0) is 7.05 Å². The van der Waals surface area contributed by atoms with Crippen molar-refractivity contribution >= 4 is 21.9 Å². The highest BCUT2D eigenvalue weighted by Gasteiger charge is 2.18. The fraction of sp³-hybridized carbons (Fsp3) is 0.0769. The minimum atomic E-state index is -1.02. The van der Waals surface area contributed by atoms with Crippen LogP contribution < -0.4 is 10.3 Å². The molecule has 0 N–H and O–H groups in total. The van der Waals surface area contributed by atoms with E-state index in [1.54, 1.807) is 0 Å². The van der Waals surface area contributed by atoms with Gasteiger partial charge in [0.25, 0.3) is 5.56 Å². The van der Waals surface area contributed by atoms with E-state index >= 15 is 0 Å². The van der Waals surface area contributed by atoms with Crippen LogP contribution in [0.25, 0.3) is 0 Å². The van der Waals surface area contributed by atoms with Crippen molar-refractivity contribution in [3.05, 3.63) is 62.5 Å². The zero-order valence-corrected chi connectivity index (χ0v) is 11.8. The predicted octanol–water partition coefficient (Wildman–Crippen LogP) is 2.65. The maximum absolute atomic E-state index is 13.6. The van der Waals surface area contributed by atoms with Gasteiger partial charge >= 0.3 is 5.97 Å². The van der Waals surface area contributed by atoms with Crippen LogP contribution in [0.15, 0.2) is 39.6 Å². The fourth-order valence-electron chi connectivity index (χ4n) is 1.54. The van der Waals surface area contributed by atoms with Crippen LogP contribution in [0.2, 0.25) is 0 Å². The van der Waals surface area contributed by atoms with E-state index in [0.29, 0.717) is 6.07 Å². The number of hydrogen-bond acceptors (Lipinski definition) is 3. The number of aromatic nitrogens is 1. The molecule has 1 heterocycles. The van der Waals surface area contributed by atoms with Gasteiger partial charge in [-0.15, -0.1) is 0 Å². The standard InChI is InChI=1S/C13H8BrF2NO3/c1-17-10(3-2-4-11(17)18)13(19)20-12-8(14)5-7(15)6-9(12)16/h2-6H,1H3. The van der Waals surface area contributed by atoms with Crippen LogP contribution in [0.1, 0.15) is 10.5 Å². The molecule has 0 fully saturated rings. The maximum Gasteiger partial charge on any atom is 0.360 e. The van der Waals surface area contributed by atoms with Gasteiger partial charge in [0, 0.05) is 19.2 Å². The molecule has 0 spiro atoms. The summed E-state index contributed by atoms with van der Waals surface area (Å²) in [6, 6.07) is 5.58. The first kappa shape index (κ1) is 14.4. The van der Waals surface area contributed by atoms with Crippen molar-refractivity contribution in [2.45, 2.75) is 0 Å². The minimum absolute atomic E-state index is 0.0377. The SMILES string of the molecule is Cn1c(C(=O)Oc2c(F)cc(F)cc2Br)cccc1=O. The van der Waals surface area contributed by atoms with E-state index in [9.17, 15) is 18.4 Å². The lowest BCUT2D eigenvalue weighted by Gasteiger charge is -2.09. The molecule has 4 nitrogen and oxygen atoms in total. The average Bonchev–Trinajstić information content (AvgIpc) is 2.36. The van der Waals surface area contributed by atoms with E-state index in [2.05, 4.69) is 15.9 Å². The zero-order valence-electron chi connectivity index (χ0n) is 10.2. The molecule has 1 aromatic heterocycles. The van der Waals surface area contributed by atoms with Crippen molar-refractivity contribution in [3.63, 3.8) is 0 Å². The quantitative estimate of drug-likeness (QED) is 0.622. The summed E-state index contributed by atoms with van der Waals surface area (Å²) in [4.78, 5) is 23.3. The topological polar surface area (TPSA) is 48.3 Å². The van der Waals surface area contributed by atoms with Gasteiger partial charge in [0.15, 0.2) is 11.6 Å². The molecular formula is C13H8BrF2NO3. The summed E-state index contributed by atoms with van der Waals surface area (Å²) in [5.41, 5.74) is -0.453. The number of carbonyl (C=O) groups excluding carboxylic acids is 1. The minimum Gasteiger partial charge on any atom is -0.417 e. The highest BCUT2D eigenvalue weighted by Crippen LogP contribution is 2.29. The van der Waals surface area contributed by atoms with Crippen molar-refractivity contribution < 1.29 is 18.3 Å². The molecule has 20 heavy (non-hydrogen) atoms. The molecule has 0 unspecified atom stereocenters. The first-order chi connectivity index (χ1) is 9.40. The summed E-state index contributed by atoms with van der Waals surface area (Å²) in [5, 5.41) is 0. The summed E-state index contributed by atoms with van der Waals surface area (Å²) >= 11 is 2.91. The Morgan fingerprint density at radius 3 is 2.65 bits per heavy atom. The van der Waals surface area contributed by atoms with Gasteiger partial charge < -0.3 is 9.30 Å². The van der Waals surface area contributed by atoms with Crippen LogP contribution in [0.4, 0.5) is 8.78 Å². The van der Waals surface area contributed by atoms with E-state index in [-0.39, 0.29) is 10.2 Å². The normalized spacial score (nSPS) is 10.4. The Morgan fingerprint density at radius 2 is 2.00 bits per heavy atom. The van der Waals surface area contributed by atoms with Gasteiger partial charge in [0.1, 0.15) is 11.5 Å². The van der Waals surface area contributed by atoms with Crippen LogP contribution >= 0.6 is 15.9 Å². The van der Waals surface area contributed by atoms with Crippen molar-refractivity contribution in [3.8, 4) is 5.75 Å². The average molecular weight is 344 g/mol. The molecule has 2 rings (SSSR count). The Bertz CT molecular complexity index is 720. The van der Waals surface area contributed by atoms with Crippen molar-refractivity contribution in [2.75, 3.05) is 0 Å². The summed E-state index contributed by atoms with van der Waals surface area (Å²) in [6.07, 6.45) is 0. The van der Waals surface area contributed by atoms with Gasteiger partial charge in [0.05, 0.1) is 4.47 Å². The number of esters is 1. The highest BCUT2D eigenvalue weighted by molar-refractivity contribution is 9.10. The molecule has 7 heteroatoms. The van der Waals surface area contributed by atoms with E-state index in [4.69, 9.17) is 4.74 Å². The second kappa shape index (κ2) is 5.54. The number of hydrogen-bond donors (Lipinski definition) is 0. The number of benzene rings is 1. The third kappa shape index (κ3) is 2.77. The molecule has 0 bridgehead atoms. The number of pyridine rings is 1. The fourth-order valence-corrected chi connectivity index (χ4v) is 2.03. The molecule has 2 aromatic rings. The molecule has 0 aliphatic rings. The second-order valence-electron chi connectivity index (χ2n) is 3.90. The van der Waals surface area contributed by atoms with Gasteiger partial charge in [-0.1, -0.05) is 6.07 Å². The summed E-state index contributed by atoms with van der Waals surface area (Å²) < 4.78 is 32.4. The molecule has 0 amide bonds. The lowest BCUT2D eigenvalue weighted by atomic mass is 10.3. The lowest BCUT2D eigenvalue weighted by molar-refractivity contribution is 0.0714. The van der Waals surface area contributed by atoms with Crippen LogP contribution in [0, 0.1) is 11.6 Å². The lowest BCUT2D eigenvalue weighted by Crippen LogP contribution is -2.24. The summed E-state index contributed by atoms with van der Waals surface area (Å²) in [5.74, 6) is -3.18. The maximum atomic E-state index is 13.6. The largest absolute Gasteiger partial charge is 0.417 e. The number of rotatable bonds is 2. The Labute approximate surface area is 120 Å². The number of carbonyl (C=O) groups is 1. The first-order valence-electron chi connectivity index (χ1n) is 5.43. The Morgan fingerprint density at radius 1 is 1.30 bits per heavy atom. The van der Waals surface area contributed by atoms with Crippen LogP contribution in [-0.4, -0.2) is 10.5 Å². The molecule has 1 aromatic carbocycles. The molecular weight excluding hydrogens is 336 g/mol. The highest BCUT2D eigenvalue weighted by atomic mass is 79.9. The van der Waals surface area contributed by atoms with Crippen LogP contribution in [0.3, 0.4) is 0 Å². The summed E-state index contributed by atoms with van der Waals surface area (Å²) in [7, 11) is 1.38. The summed E-state index contributed by atoms with van der Waals surface area (Å²) in [6.45, 7) is 0. The second-order valence-corrected chi connectivity index (χ2v) is 4.75. The molecule has 0 aliphatic carbocycles. The predicted molar refractivity (Wildman–Crippen MR) is 70.7 cm³/mol. The third-order valence-electron chi connectivity index (χ3n) is 2.55. The Balaban J connectivity index is 2.38. The molecule has 0 atom stereocenters. The number of ether oxygens (including phenoxy) is 1. The third-order valence-corrected chi connectivity index (χ3v) is 3.14. The van der Waals surface area contributed by atoms with E-state index in [1.165, 1.54) is 25.2 Å². The van der Waals surface area contributed by atoms with Crippen molar-refractivity contribution in [1.29, 1.82) is 0 Å². The Kier molecular flexibility index (Phi) is 3.99. The zero-order chi connectivity index (χ0) is 14.9. The molecule has 0 saturated carbocycles. The molecule has 0 saturated heterocycles. The van der Waals surface area contributed by atoms with E-state index in [0.717, 1.165) is 10.6 Å².